The smallest absolute Gasteiger partial charge is 0.335 e. The number of rotatable bonds is 4. The Balaban J connectivity index is 1.60. The monoisotopic (exact) mass is 506 g/mol. The van der Waals surface area contributed by atoms with Gasteiger partial charge in [-0.05, 0) is 36.2 Å². The summed E-state index contributed by atoms with van der Waals surface area (Å²) in [5, 5.41) is 0.285. The van der Waals surface area contributed by atoms with Gasteiger partial charge in [0.2, 0.25) is 0 Å². The van der Waals surface area contributed by atoms with E-state index in [1.807, 2.05) is 0 Å². The number of aromatic amines is 1. The first-order valence-electron chi connectivity index (χ1n) is 11.2. The van der Waals surface area contributed by atoms with Crippen molar-refractivity contribution in [3.05, 3.63) is 80.2 Å². The molecule has 0 aliphatic carbocycles. The lowest BCUT2D eigenvalue weighted by Crippen LogP contribution is -2.59. The van der Waals surface area contributed by atoms with Crippen molar-refractivity contribution in [2.45, 2.75) is 32.1 Å². The number of fused-ring (bicyclic) bond motifs is 1. The first kappa shape index (κ1) is 25.1. The van der Waals surface area contributed by atoms with Crippen LogP contribution in [-0.2, 0) is 11.3 Å². The molecule has 3 aromatic rings. The van der Waals surface area contributed by atoms with E-state index in [1.54, 1.807) is 31.2 Å². The Morgan fingerprint density at radius 2 is 1.81 bits per heavy atom. The van der Waals surface area contributed by atoms with Crippen molar-refractivity contribution in [2.75, 3.05) is 19.6 Å². The average molecular weight is 506 g/mol. The van der Waals surface area contributed by atoms with Gasteiger partial charge in [0.25, 0.3) is 11.5 Å². The van der Waals surface area contributed by atoms with Crippen LogP contribution in [-0.4, -0.2) is 63.0 Å². The third-order valence-corrected chi connectivity index (χ3v) is 6.25. The van der Waals surface area contributed by atoms with Crippen LogP contribution in [0.2, 0.25) is 0 Å². The van der Waals surface area contributed by atoms with Crippen molar-refractivity contribution in [2.24, 2.45) is 0 Å². The van der Waals surface area contributed by atoms with E-state index in [-0.39, 0.29) is 43.5 Å². The fourth-order valence-corrected chi connectivity index (χ4v) is 4.41. The number of nitrogens with one attached hydrogen (secondary N) is 1. The normalized spacial score (nSPS) is 16.4. The number of carbonyl (C=O) groups is 2. The number of alkyl halides is 3. The molecule has 0 spiro atoms. The maximum absolute atomic E-state index is 14.7. The summed E-state index contributed by atoms with van der Waals surface area (Å²) in [6, 6.07) is 9.32. The molecule has 2 aromatic carbocycles. The molecule has 1 aliphatic heterocycles. The van der Waals surface area contributed by atoms with E-state index in [0.717, 1.165) is 6.07 Å². The third-order valence-electron chi connectivity index (χ3n) is 6.25. The number of amides is 2. The van der Waals surface area contributed by atoms with Crippen LogP contribution in [0.25, 0.3) is 10.9 Å². The Morgan fingerprint density at radius 3 is 2.50 bits per heavy atom. The minimum atomic E-state index is -5.02. The number of nitrogens with zero attached hydrogens (tertiary/aromatic N) is 3. The van der Waals surface area contributed by atoms with Crippen molar-refractivity contribution in [3.8, 4) is 0 Å². The van der Waals surface area contributed by atoms with Gasteiger partial charge in [-0.1, -0.05) is 25.1 Å². The number of benzene rings is 2. The second-order valence-electron chi connectivity index (χ2n) is 8.49. The van der Waals surface area contributed by atoms with Gasteiger partial charge in [-0.25, -0.2) is 9.18 Å². The molecule has 1 N–H and O–H groups in total. The Morgan fingerprint density at radius 1 is 1.08 bits per heavy atom. The van der Waals surface area contributed by atoms with E-state index in [4.69, 9.17) is 0 Å². The summed E-state index contributed by atoms with van der Waals surface area (Å²) in [4.78, 5) is 53.6. The zero-order valence-electron chi connectivity index (χ0n) is 19.1. The molecule has 1 fully saturated rings. The Hall–Kier alpha value is -3.96. The number of halogens is 4. The van der Waals surface area contributed by atoms with Gasteiger partial charge in [-0.3, -0.25) is 23.9 Å². The molecule has 1 saturated heterocycles. The lowest BCUT2D eigenvalue weighted by atomic mass is 10.1. The predicted molar refractivity (Wildman–Crippen MR) is 122 cm³/mol. The molecule has 190 valence electrons. The minimum Gasteiger partial charge on any atom is -0.335 e. The SMILES string of the molecule is CCC1CN(C(=O)c2cc(Cn3c(=O)[nH]c(=O)c4ccccc43)ccc2F)CCN1C(=O)C(F)(F)F. The van der Waals surface area contributed by atoms with Gasteiger partial charge in [0.15, 0.2) is 0 Å². The number of aromatic nitrogens is 2. The van der Waals surface area contributed by atoms with Crippen LogP contribution in [0.4, 0.5) is 17.6 Å². The topological polar surface area (TPSA) is 95.5 Å². The third kappa shape index (κ3) is 4.75. The van der Waals surface area contributed by atoms with Crippen LogP contribution in [0.3, 0.4) is 0 Å². The standard InChI is InChI=1S/C24H22F4N4O4/c1-2-15-13-30(9-10-31(15)22(35)24(26,27)28)21(34)17-11-14(7-8-18(17)25)12-32-19-6-4-3-5-16(19)20(33)29-23(32)36/h3-8,11,15H,2,9-10,12-13H2,1H3,(H,29,33,36). The first-order valence-corrected chi connectivity index (χ1v) is 11.2. The lowest BCUT2D eigenvalue weighted by Gasteiger charge is -2.41. The van der Waals surface area contributed by atoms with Crippen molar-refractivity contribution < 1.29 is 27.2 Å². The molecule has 2 heterocycles. The van der Waals surface area contributed by atoms with Crippen LogP contribution in [0.15, 0.2) is 52.1 Å². The van der Waals surface area contributed by atoms with Crippen LogP contribution in [0.1, 0.15) is 29.3 Å². The second-order valence-corrected chi connectivity index (χ2v) is 8.49. The predicted octanol–water partition coefficient (Wildman–Crippen LogP) is 2.50. The van der Waals surface area contributed by atoms with Gasteiger partial charge < -0.3 is 9.80 Å². The number of para-hydroxylation sites is 1. The highest BCUT2D eigenvalue weighted by Gasteiger charge is 2.46. The van der Waals surface area contributed by atoms with Crippen LogP contribution >= 0.6 is 0 Å². The summed E-state index contributed by atoms with van der Waals surface area (Å²) in [5.74, 6) is -3.52. The molecule has 0 radical (unpaired) electrons. The summed E-state index contributed by atoms with van der Waals surface area (Å²) >= 11 is 0. The largest absolute Gasteiger partial charge is 0.471 e. The molecule has 12 heteroatoms. The Labute approximate surface area is 201 Å². The summed E-state index contributed by atoms with van der Waals surface area (Å²) in [5.41, 5.74) is -0.765. The van der Waals surface area contributed by atoms with E-state index in [9.17, 15) is 36.7 Å². The van der Waals surface area contributed by atoms with Crippen molar-refractivity contribution in [1.82, 2.24) is 19.4 Å². The van der Waals surface area contributed by atoms with Crippen molar-refractivity contribution >= 4 is 22.7 Å². The molecule has 8 nitrogen and oxygen atoms in total. The summed E-state index contributed by atoms with van der Waals surface area (Å²) < 4.78 is 54.7. The van der Waals surface area contributed by atoms with E-state index >= 15 is 0 Å². The van der Waals surface area contributed by atoms with Gasteiger partial charge in [0.05, 0.1) is 23.0 Å². The number of hydrogen-bond acceptors (Lipinski definition) is 4. The molecule has 0 bridgehead atoms. The summed E-state index contributed by atoms with van der Waals surface area (Å²) in [6.07, 6.45) is -4.85. The zero-order chi connectivity index (χ0) is 26.2. The quantitative estimate of drug-likeness (QED) is 0.551. The van der Waals surface area contributed by atoms with E-state index < -0.39 is 41.1 Å². The molecule has 1 atom stereocenters. The van der Waals surface area contributed by atoms with E-state index in [1.165, 1.54) is 21.6 Å². The maximum atomic E-state index is 14.7. The average Bonchev–Trinajstić information content (AvgIpc) is 2.85. The highest BCUT2D eigenvalue weighted by molar-refractivity contribution is 5.95. The molecule has 2 amide bonds. The Bertz CT molecular complexity index is 1450. The molecule has 1 unspecified atom stereocenters. The van der Waals surface area contributed by atoms with Crippen LogP contribution < -0.4 is 11.2 Å². The van der Waals surface area contributed by atoms with Crippen LogP contribution in [0.5, 0.6) is 0 Å². The molecular weight excluding hydrogens is 484 g/mol. The minimum absolute atomic E-state index is 0.0673. The number of carbonyl (C=O) groups excluding carboxylic acids is 2. The van der Waals surface area contributed by atoms with Crippen molar-refractivity contribution in [3.63, 3.8) is 0 Å². The second kappa shape index (κ2) is 9.59. The van der Waals surface area contributed by atoms with Gasteiger partial charge in [0, 0.05) is 25.7 Å². The molecule has 4 rings (SSSR count). The maximum Gasteiger partial charge on any atom is 0.471 e. The zero-order valence-corrected chi connectivity index (χ0v) is 19.1. The first-order chi connectivity index (χ1) is 17.0. The highest BCUT2D eigenvalue weighted by Crippen LogP contribution is 2.25. The Kier molecular flexibility index (Phi) is 6.70. The van der Waals surface area contributed by atoms with Gasteiger partial charge >= 0.3 is 17.8 Å². The number of piperazine rings is 1. The fraction of sp³-hybridized carbons (Fsp3) is 0.333. The molecular formula is C24H22F4N4O4. The number of H-pyrrole nitrogens is 1. The highest BCUT2D eigenvalue weighted by atomic mass is 19.4. The molecule has 0 saturated carbocycles. The van der Waals surface area contributed by atoms with Gasteiger partial charge in [-0.2, -0.15) is 13.2 Å². The van der Waals surface area contributed by atoms with Crippen LogP contribution in [0, 0.1) is 5.82 Å². The molecule has 1 aliphatic rings. The van der Waals surface area contributed by atoms with E-state index in [0.29, 0.717) is 16.0 Å². The molecule has 1 aromatic heterocycles. The fourth-order valence-electron chi connectivity index (χ4n) is 4.41. The molecule has 36 heavy (non-hydrogen) atoms. The van der Waals surface area contributed by atoms with E-state index in [2.05, 4.69) is 4.98 Å². The lowest BCUT2D eigenvalue weighted by molar-refractivity contribution is -0.189. The van der Waals surface area contributed by atoms with Gasteiger partial charge in [-0.15, -0.1) is 0 Å². The summed E-state index contributed by atoms with van der Waals surface area (Å²) in [7, 11) is 0. The van der Waals surface area contributed by atoms with Gasteiger partial charge in [0.1, 0.15) is 5.82 Å². The number of hydrogen-bond donors (Lipinski definition) is 1. The summed E-state index contributed by atoms with van der Waals surface area (Å²) in [6.45, 7) is 0.837. The van der Waals surface area contributed by atoms with Crippen molar-refractivity contribution in [1.29, 1.82) is 0 Å².